The van der Waals surface area contributed by atoms with Gasteiger partial charge in [-0.3, -0.25) is 0 Å². The Morgan fingerprint density at radius 2 is 1.68 bits per heavy atom. The third kappa shape index (κ3) is 2.16. The Labute approximate surface area is 117 Å². The van der Waals surface area contributed by atoms with Crippen molar-refractivity contribution in [3.8, 4) is 22.8 Å². The molecule has 3 nitrogen and oxygen atoms in total. The van der Waals surface area contributed by atoms with Crippen molar-refractivity contribution in [2.24, 2.45) is 0 Å². The van der Waals surface area contributed by atoms with Crippen molar-refractivity contribution in [3.05, 3.63) is 52.6 Å². The third-order valence-electron chi connectivity index (χ3n) is 2.85. The zero-order chi connectivity index (χ0) is 13.4. The van der Waals surface area contributed by atoms with E-state index in [9.17, 15) is 10.2 Å². The number of hydrogen-bond donors (Lipinski definition) is 2. The minimum absolute atomic E-state index is 0.00730. The molecular formula is C15H10O3Se. The average molecular weight is 317 g/mol. The van der Waals surface area contributed by atoms with E-state index in [1.54, 1.807) is 0 Å². The van der Waals surface area contributed by atoms with Crippen molar-refractivity contribution in [2.75, 3.05) is 0 Å². The number of benzene rings is 2. The summed E-state index contributed by atoms with van der Waals surface area (Å²) in [6.07, 6.45) is 0. The van der Waals surface area contributed by atoms with Crippen LogP contribution in [0.2, 0.25) is 0 Å². The number of rotatable bonds is 1. The fourth-order valence-corrected chi connectivity index (χ4v) is 2.65. The summed E-state index contributed by atoms with van der Waals surface area (Å²) >= 11 is 2.91. The van der Waals surface area contributed by atoms with Crippen LogP contribution in [0.1, 0.15) is 0 Å². The molecule has 2 N–H and O–H groups in total. The maximum atomic E-state index is 9.85. The predicted molar refractivity (Wildman–Crippen MR) is 74.0 cm³/mol. The summed E-state index contributed by atoms with van der Waals surface area (Å²) in [5.74, 6) is 0.636. The summed E-state index contributed by atoms with van der Waals surface area (Å²) in [6, 6.07) is 14.3. The topological polar surface area (TPSA) is 53.6 Å². The van der Waals surface area contributed by atoms with Crippen molar-refractivity contribution in [1.29, 1.82) is 0 Å². The molecule has 0 amide bonds. The molecule has 0 aliphatic heterocycles. The molecule has 0 aliphatic rings. The molecule has 1 aromatic heterocycles. The number of hydrogen-bond acceptors (Lipinski definition) is 3. The first kappa shape index (κ1) is 12.0. The van der Waals surface area contributed by atoms with Gasteiger partial charge in [-0.25, -0.2) is 0 Å². The van der Waals surface area contributed by atoms with Gasteiger partial charge in [-0.15, -0.1) is 0 Å². The van der Waals surface area contributed by atoms with Crippen LogP contribution in [0.15, 0.2) is 52.9 Å². The molecule has 0 saturated carbocycles. The summed E-state index contributed by atoms with van der Waals surface area (Å²) in [5.41, 5.74) is 1.37. The number of aromatic hydroxyl groups is 2. The summed E-state index contributed by atoms with van der Waals surface area (Å²) in [4.78, 5) is 0. The van der Waals surface area contributed by atoms with E-state index in [4.69, 9.17) is 4.42 Å². The second-order valence-corrected chi connectivity index (χ2v) is 5.10. The molecule has 0 unspecified atom stereocenters. The number of phenolic OH excluding ortho intramolecular Hbond substituents is 2. The monoisotopic (exact) mass is 318 g/mol. The van der Waals surface area contributed by atoms with Gasteiger partial charge in [-0.1, -0.05) is 0 Å². The van der Waals surface area contributed by atoms with Crippen LogP contribution in [0, 0.1) is 4.06 Å². The van der Waals surface area contributed by atoms with E-state index in [0.717, 1.165) is 9.63 Å². The van der Waals surface area contributed by atoms with Crippen molar-refractivity contribution in [1.82, 2.24) is 0 Å². The van der Waals surface area contributed by atoms with Gasteiger partial charge >= 0.3 is 117 Å². The van der Waals surface area contributed by atoms with Gasteiger partial charge in [0, 0.05) is 0 Å². The summed E-state index contributed by atoms with van der Waals surface area (Å²) in [7, 11) is 0. The molecule has 94 valence electrons. The number of fused-ring (bicyclic) bond motifs is 1. The van der Waals surface area contributed by atoms with Gasteiger partial charge in [0.15, 0.2) is 0 Å². The first-order valence-electron chi connectivity index (χ1n) is 5.70. The summed E-state index contributed by atoms with van der Waals surface area (Å²) in [6.45, 7) is 0. The zero-order valence-corrected chi connectivity index (χ0v) is 11.5. The van der Waals surface area contributed by atoms with Crippen molar-refractivity contribution in [3.63, 3.8) is 0 Å². The molecule has 0 radical (unpaired) electrons. The Balaban J connectivity index is 2.34. The van der Waals surface area contributed by atoms with Gasteiger partial charge in [-0.05, 0) is 0 Å². The standard InChI is InChI=1S/C15H10O3Se/c16-10-6-11(17)15-13(7-10)18-12(8-14(15)19)9-4-2-1-3-5-9/h1-8,16-17H. The second kappa shape index (κ2) is 4.57. The Hall–Kier alpha value is -2.03. The van der Waals surface area contributed by atoms with Gasteiger partial charge in [0.1, 0.15) is 0 Å². The number of phenols is 2. The van der Waals surface area contributed by atoms with Crippen LogP contribution in [0.25, 0.3) is 22.3 Å². The van der Waals surface area contributed by atoms with E-state index in [1.807, 2.05) is 36.4 Å². The Bertz CT molecular complexity index is 807. The molecule has 0 bridgehead atoms. The molecule has 3 rings (SSSR count). The Kier molecular flexibility index (Phi) is 2.90. The third-order valence-corrected chi connectivity index (χ3v) is 3.53. The van der Waals surface area contributed by atoms with E-state index in [-0.39, 0.29) is 11.5 Å². The van der Waals surface area contributed by atoms with Crippen LogP contribution in [-0.2, 0) is 0 Å². The van der Waals surface area contributed by atoms with Crippen LogP contribution in [0.3, 0.4) is 0 Å². The SMILES string of the molecule is Oc1cc(O)c2c(=[Se])cc(-c3ccccc3)oc2c1. The Morgan fingerprint density at radius 3 is 2.42 bits per heavy atom. The molecule has 4 heteroatoms. The van der Waals surface area contributed by atoms with Crippen LogP contribution in [0.5, 0.6) is 11.5 Å². The zero-order valence-electron chi connectivity index (χ0n) is 9.83. The van der Waals surface area contributed by atoms with Gasteiger partial charge in [0.25, 0.3) is 0 Å². The molecule has 1 heterocycles. The first-order valence-corrected chi connectivity index (χ1v) is 6.56. The van der Waals surface area contributed by atoms with Crippen LogP contribution < -0.4 is 0 Å². The van der Waals surface area contributed by atoms with Gasteiger partial charge in [0.05, 0.1) is 0 Å². The molecule has 0 saturated heterocycles. The van der Waals surface area contributed by atoms with E-state index in [1.165, 1.54) is 12.1 Å². The van der Waals surface area contributed by atoms with Crippen molar-refractivity contribution >= 4 is 26.5 Å². The molecule has 19 heavy (non-hydrogen) atoms. The quantitative estimate of drug-likeness (QED) is 0.678. The van der Waals surface area contributed by atoms with Gasteiger partial charge < -0.3 is 0 Å². The van der Waals surface area contributed by atoms with Crippen LogP contribution in [-0.4, -0.2) is 25.8 Å². The van der Waals surface area contributed by atoms with Crippen molar-refractivity contribution in [2.45, 2.75) is 0 Å². The second-order valence-electron chi connectivity index (χ2n) is 4.18. The summed E-state index contributed by atoms with van der Waals surface area (Å²) < 4.78 is 6.53. The fourth-order valence-electron chi connectivity index (χ4n) is 2.00. The van der Waals surface area contributed by atoms with Gasteiger partial charge in [0.2, 0.25) is 0 Å². The van der Waals surface area contributed by atoms with Crippen molar-refractivity contribution < 1.29 is 14.6 Å². The molecule has 2 aromatic carbocycles. The molecule has 0 spiro atoms. The minimum atomic E-state index is -0.0293. The normalized spacial score (nSPS) is 10.7. The van der Waals surface area contributed by atoms with Gasteiger partial charge in [-0.2, -0.15) is 0 Å². The van der Waals surface area contributed by atoms with E-state index >= 15 is 0 Å². The molecular weight excluding hydrogens is 307 g/mol. The maximum absolute atomic E-state index is 9.85. The van der Waals surface area contributed by atoms with E-state index in [0.29, 0.717) is 16.7 Å². The average Bonchev–Trinajstić information content (AvgIpc) is 2.38. The van der Waals surface area contributed by atoms with Crippen LogP contribution >= 0.6 is 0 Å². The predicted octanol–water partition coefficient (Wildman–Crippen LogP) is 3.21. The Morgan fingerprint density at radius 1 is 0.947 bits per heavy atom. The van der Waals surface area contributed by atoms with E-state index < -0.39 is 0 Å². The summed E-state index contributed by atoms with van der Waals surface area (Å²) in [5, 5.41) is 20.0. The molecule has 3 aromatic rings. The first-order chi connectivity index (χ1) is 9.15. The van der Waals surface area contributed by atoms with Crippen LogP contribution in [0.4, 0.5) is 0 Å². The van der Waals surface area contributed by atoms with E-state index in [2.05, 4.69) is 15.6 Å². The fraction of sp³-hybridized carbons (Fsp3) is 0. The molecule has 0 aliphatic carbocycles. The molecule has 0 fully saturated rings. The molecule has 0 atom stereocenters.